The fourth-order valence-electron chi connectivity index (χ4n) is 3.36. The molecule has 0 bridgehead atoms. The van der Waals surface area contributed by atoms with Crippen LogP contribution in [0.2, 0.25) is 0 Å². The number of benzene rings is 1. The highest BCUT2D eigenvalue weighted by molar-refractivity contribution is 5.94. The number of hydrazone groups is 1. The third kappa shape index (κ3) is 4.66. The van der Waals surface area contributed by atoms with E-state index in [1.54, 1.807) is 11.2 Å². The third-order valence-corrected chi connectivity index (χ3v) is 5.07. The van der Waals surface area contributed by atoms with Crippen LogP contribution in [0.3, 0.4) is 0 Å². The van der Waals surface area contributed by atoms with Crippen molar-refractivity contribution in [3.8, 4) is 17.3 Å². The zero-order valence-electron chi connectivity index (χ0n) is 18.2. The monoisotopic (exact) mass is 464 g/mol. The van der Waals surface area contributed by atoms with Gasteiger partial charge in [-0.25, -0.2) is 15.0 Å². The van der Waals surface area contributed by atoms with Gasteiger partial charge in [0.05, 0.1) is 28.7 Å². The van der Waals surface area contributed by atoms with Gasteiger partial charge in [0.25, 0.3) is 0 Å². The molecular formula is C23H19F3N8. The van der Waals surface area contributed by atoms with Crippen molar-refractivity contribution in [3.63, 3.8) is 0 Å². The fraction of sp³-hybridized carbons (Fsp3) is 0.174. The van der Waals surface area contributed by atoms with Crippen molar-refractivity contribution in [1.29, 1.82) is 5.26 Å². The molecule has 0 unspecified atom stereocenters. The summed E-state index contributed by atoms with van der Waals surface area (Å²) in [5, 5.41) is 18.7. The molecule has 34 heavy (non-hydrogen) atoms. The Kier molecular flexibility index (Phi) is 6.14. The van der Waals surface area contributed by atoms with E-state index < -0.39 is 11.7 Å². The van der Waals surface area contributed by atoms with Crippen LogP contribution >= 0.6 is 0 Å². The number of hydrogen-bond acceptors (Lipinski definition) is 7. The maximum absolute atomic E-state index is 13.2. The maximum Gasteiger partial charge on any atom is 0.417 e. The lowest BCUT2D eigenvalue weighted by Gasteiger charge is -2.13. The Morgan fingerprint density at radius 2 is 1.97 bits per heavy atom. The van der Waals surface area contributed by atoms with E-state index in [0.29, 0.717) is 12.1 Å². The number of nitrogens with zero attached hydrogens (tertiary/aromatic N) is 6. The van der Waals surface area contributed by atoms with E-state index in [4.69, 9.17) is 0 Å². The van der Waals surface area contributed by atoms with Gasteiger partial charge in [0.2, 0.25) is 5.95 Å². The molecule has 0 atom stereocenters. The number of aromatic amines is 1. The molecule has 3 aromatic heterocycles. The molecule has 0 aliphatic heterocycles. The molecule has 172 valence electrons. The summed E-state index contributed by atoms with van der Waals surface area (Å²) in [6, 6.07) is 10.7. The van der Waals surface area contributed by atoms with Gasteiger partial charge in [-0.1, -0.05) is 12.1 Å². The Morgan fingerprint density at radius 3 is 2.65 bits per heavy atom. The number of halogens is 3. The number of rotatable bonds is 6. The van der Waals surface area contributed by atoms with E-state index >= 15 is 0 Å². The van der Waals surface area contributed by atoms with Gasteiger partial charge >= 0.3 is 6.18 Å². The van der Waals surface area contributed by atoms with Crippen molar-refractivity contribution in [2.45, 2.75) is 19.6 Å². The topological polar surface area (TPSA) is 106 Å². The maximum atomic E-state index is 13.2. The molecule has 11 heteroatoms. The minimum atomic E-state index is -4.54. The highest BCUT2D eigenvalue weighted by atomic mass is 19.4. The molecule has 2 N–H and O–H groups in total. The van der Waals surface area contributed by atoms with E-state index in [2.05, 4.69) is 30.4 Å². The predicted molar refractivity (Wildman–Crippen MR) is 123 cm³/mol. The van der Waals surface area contributed by atoms with Gasteiger partial charge in [-0.3, -0.25) is 5.01 Å². The number of nitrogens with one attached hydrogen (secondary N) is 2. The van der Waals surface area contributed by atoms with Gasteiger partial charge < -0.3 is 10.3 Å². The van der Waals surface area contributed by atoms with Gasteiger partial charge in [0.1, 0.15) is 11.7 Å². The number of H-pyrrole nitrogens is 1. The lowest BCUT2D eigenvalue weighted by Crippen LogP contribution is -2.09. The number of alkyl halides is 3. The molecule has 8 nitrogen and oxygen atoms in total. The molecule has 3 heterocycles. The first kappa shape index (κ1) is 22.7. The number of pyridine rings is 1. The summed E-state index contributed by atoms with van der Waals surface area (Å²) in [6.45, 7) is 2.24. The standard InChI is InChI=1S/C23H19F3N8/c1-3-32-34(2)17-6-4-14(5-7-17)10-30-22-31-11-15(9-27)20(33-22)19-13-29-21-18(19)8-16(12-28-21)23(24,25)26/h3-8,11-13H,10H2,1-2H3,(H,28,29)(H,30,31,33)/b32-3-. The summed E-state index contributed by atoms with van der Waals surface area (Å²) >= 11 is 0. The molecule has 0 saturated heterocycles. The van der Waals surface area contributed by atoms with Gasteiger partial charge in [0, 0.05) is 43.2 Å². The second-order valence-electron chi connectivity index (χ2n) is 7.31. The van der Waals surface area contributed by atoms with Crippen molar-refractivity contribution < 1.29 is 13.2 Å². The smallest absolute Gasteiger partial charge is 0.350 e. The number of nitriles is 1. The van der Waals surface area contributed by atoms with Crippen LogP contribution in [0.15, 0.2) is 54.0 Å². The van der Waals surface area contributed by atoms with Crippen LogP contribution in [-0.2, 0) is 12.7 Å². The third-order valence-electron chi connectivity index (χ3n) is 5.07. The second kappa shape index (κ2) is 9.19. The summed E-state index contributed by atoms with van der Waals surface area (Å²) < 4.78 is 39.6. The van der Waals surface area contributed by atoms with Crippen molar-refractivity contribution >= 4 is 28.9 Å². The lowest BCUT2D eigenvalue weighted by atomic mass is 10.1. The normalized spacial score (nSPS) is 11.6. The Balaban J connectivity index is 1.61. The first-order valence-corrected chi connectivity index (χ1v) is 10.2. The van der Waals surface area contributed by atoms with E-state index in [0.717, 1.165) is 23.5 Å². The van der Waals surface area contributed by atoms with Crippen LogP contribution < -0.4 is 10.3 Å². The zero-order chi connectivity index (χ0) is 24.3. The van der Waals surface area contributed by atoms with E-state index in [-0.39, 0.29) is 28.2 Å². The molecule has 0 radical (unpaired) electrons. The number of anilines is 2. The van der Waals surface area contributed by atoms with E-state index in [9.17, 15) is 18.4 Å². The molecular weight excluding hydrogens is 445 g/mol. The SMILES string of the molecule is C/C=N\N(C)c1ccc(CNc2ncc(C#N)c(-c3c[nH]c4ncc(C(F)(F)F)cc34)n2)cc1. The quantitative estimate of drug-likeness (QED) is 0.309. The first-order valence-electron chi connectivity index (χ1n) is 10.2. The summed E-state index contributed by atoms with van der Waals surface area (Å²) in [7, 11) is 1.84. The van der Waals surface area contributed by atoms with Crippen LogP contribution in [0.1, 0.15) is 23.6 Å². The number of aromatic nitrogens is 4. The highest BCUT2D eigenvalue weighted by Crippen LogP contribution is 2.34. The molecule has 0 saturated carbocycles. The molecule has 0 amide bonds. The van der Waals surface area contributed by atoms with Gasteiger partial charge in [0.15, 0.2) is 0 Å². The van der Waals surface area contributed by atoms with Crippen LogP contribution in [-0.4, -0.2) is 33.2 Å². The summed E-state index contributed by atoms with van der Waals surface area (Å²) in [5.41, 5.74) is 1.93. The van der Waals surface area contributed by atoms with E-state index in [1.165, 1.54) is 12.4 Å². The van der Waals surface area contributed by atoms with Crippen molar-refractivity contribution in [2.24, 2.45) is 5.10 Å². The zero-order valence-corrected chi connectivity index (χ0v) is 18.2. The van der Waals surface area contributed by atoms with Gasteiger partial charge in [-0.2, -0.15) is 23.5 Å². The average molecular weight is 464 g/mol. The minimum absolute atomic E-state index is 0.132. The van der Waals surface area contributed by atoms with Crippen molar-refractivity contribution in [3.05, 3.63) is 65.6 Å². The molecule has 4 aromatic rings. The van der Waals surface area contributed by atoms with Crippen LogP contribution in [0.25, 0.3) is 22.3 Å². The Morgan fingerprint density at radius 1 is 1.21 bits per heavy atom. The van der Waals surface area contributed by atoms with E-state index in [1.807, 2.05) is 44.3 Å². The van der Waals surface area contributed by atoms with Crippen molar-refractivity contribution in [2.75, 3.05) is 17.4 Å². The Labute approximate surface area is 192 Å². The first-order chi connectivity index (χ1) is 16.3. The molecule has 0 fully saturated rings. The van der Waals surface area contributed by atoms with Gasteiger partial charge in [-0.15, -0.1) is 0 Å². The largest absolute Gasteiger partial charge is 0.417 e. The molecule has 0 aliphatic rings. The fourth-order valence-corrected chi connectivity index (χ4v) is 3.36. The Hall–Kier alpha value is -4.46. The minimum Gasteiger partial charge on any atom is -0.350 e. The predicted octanol–water partition coefficient (Wildman–Crippen LogP) is 4.96. The molecule has 4 rings (SSSR count). The van der Waals surface area contributed by atoms with Crippen LogP contribution in [0.4, 0.5) is 24.8 Å². The van der Waals surface area contributed by atoms with Gasteiger partial charge in [-0.05, 0) is 30.7 Å². The number of hydrogen-bond donors (Lipinski definition) is 2. The average Bonchev–Trinajstić information content (AvgIpc) is 3.26. The molecule has 0 aliphatic carbocycles. The second-order valence-corrected chi connectivity index (χ2v) is 7.31. The molecule has 1 aromatic carbocycles. The Bertz CT molecular complexity index is 1380. The highest BCUT2D eigenvalue weighted by Gasteiger charge is 2.31. The van der Waals surface area contributed by atoms with Crippen molar-refractivity contribution in [1.82, 2.24) is 19.9 Å². The summed E-state index contributed by atoms with van der Waals surface area (Å²) in [6.07, 6.45) is 0.741. The summed E-state index contributed by atoms with van der Waals surface area (Å²) in [4.78, 5) is 15.3. The lowest BCUT2D eigenvalue weighted by molar-refractivity contribution is -0.137. The van der Waals surface area contributed by atoms with Crippen LogP contribution in [0.5, 0.6) is 0 Å². The molecule has 0 spiro atoms. The van der Waals surface area contributed by atoms with Crippen LogP contribution in [0, 0.1) is 11.3 Å². The number of fused-ring (bicyclic) bond motifs is 1. The summed E-state index contributed by atoms with van der Waals surface area (Å²) in [5.74, 6) is 0.236.